The van der Waals surface area contributed by atoms with Gasteiger partial charge in [-0.25, -0.2) is 0 Å². The molecule has 90 valence electrons. The predicted octanol–water partition coefficient (Wildman–Crippen LogP) is 0.361. The van der Waals surface area contributed by atoms with Gasteiger partial charge in [0.25, 0.3) is 0 Å². The molecule has 0 aliphatic rings. The van der Waals surface area contributed by atoms with E-state index in [0.717, 1.165) is 31.0 Å². The molecule has 0 bridgehead atoms. The lowest BCUT2D eigenvalue weighted by Gasteiger charge is -2.19. The molecule has 3 N–H and O–H groups in total. The van der Waals surface area contributed by atoms with E-state index >= 15 is 0 Å². The molecule has 1 heterocycles. The Bertz CT molecular complexity index is 313. The average Bonchev–Trinajstić information content (AvgIpc) is 2.26. The fraction of sp³-hybridized carbons (Fsp3) is 0.545. The van der Waals surface area contributed by atoms with Gasteiger partial charge in [-0.1, -0.05) is 0 Å². The van der Waals surface area contributed by atoms with Crippen LogP contribution in [0.15, 0.2) is 18.3 Å². The Morgan fingerprint density at radius 3 is 2.69 bits per heavy atom. The van der Waals surface area contributed by atoms with Gasteiger partial charge >= 0.3 is 0 Å². The third-order valence-electron chi connectivity index (χ3n) is 2.34. The van der Waals surface area contributed by atoms with E-state index in [1.807, 2.05) is 12.1 Å². The SMILES string of the molecule is CN(C)CCN(C)Cc1cc(NN)ccn1. The first kappa shape index (κ1) is 12.9. The van der Waals surface area contributed by atoms with E-state index in [-0.39, 0.29) is 0 Å². The molecule has 0 aromatic carbocycles. The number of anilines is 1. The lowest BCUT2D eigenvalue weighted by molar-refractivity contribution is 0.274. The molecule has 0 amide bonds. The van der Waals surface area contributed by atoms with E-state index in [4.69, 9.17) is 5.84 Å². The van der Waals surface area contributed by atoms with Crippen molar-refractivity contribution < 1.29 is 0 Å². The topological polar surface area (TPSA) is 57.4 Å². The van der Waals surface area contributed by atoms with E-state index in [0.29, 0.717) is 0 Å². The van der Waals surface area contributed by atoms with Gasteiger partial charge in [-0.15, -0.1) is 0 Å². The summed E-state index contributed by atoms with van der Waals surface area (Å²) in [6.45, 7) is 2.91. The van der Waals surface area contributed by atoms with Crippen molar-refractivity contribution in [3.63, 3.8) is 0 Å². The van der Waals surface area contributed by atoms with Crippen LogP contribution < -0.4 is 11.3 Å². The molecule has 0 fully saturated rings. The van der Waals surface area contributed by atoms with Crippen molar-refractivity contribution in [2.75, 3.05) is 39.7 Å². The van der Waals surface area contributed by atoms with Crippen molar-refractivity contribution in [1.82, 2.24) is 14.8 Å². The summed E-state index contributed by atoms with van der Waals surface area (Å²) < 4.78 is 0. The van der Waals surface area contributed by atoms with Gasteiger partial charge in [0.1, 0.15) is 0 Å². The van der Waals surface area contributed by atoms with Gasteiger partial charge in [0.05, 0.1) is 11.4 Å². The molecule has 5 heteroatoms. The highest BCUT2D eigenvalue weighted by atomic mass is 15.2. The summed E-state index contributed by atoms with van der Waals surface area (Å²) in [4.78, 5) is 8.71. The standard InChI is InChI=1S/C11H21N5/c1-15(2)6-7-16(3)9-11-8-10(14-12)4-5-13-11/h4-5,8H,6-7,9,12H2,1-3H3,(H,13,14). The van der Waals surface area contributed by atoms with Crippen LogP contribution in [0.1, 0.15) is 5.69 Å². The molecule has 0 saturated carbocycles. The molecule has 16 heavy (non-hydrogen) atoms. The fourth-order valence-corrected chi connectivity index (χ4v) is 1.38. The van der Waals surface area contributed by atoms with Crippen LogP contribution in [0, 0.1) is 0 Å². The summed E-state index contributed by atoms with van der Waals surface area (Å²) >= 11 is 0. The Labute approximate surface area is 97.2 Å². The van der Waals surface area contributed by atoms with Crippen molar-refractivity contribution >= 4 is 5.69 Å². The van der Waals surface area contributed by atoms with Crippen LogP contribution in [-0.2, 0) is 6.54 Å². The third kappa shape index (κ3) is 4.57. The largest absolute Gasteiger partial charge is 0.324 e. The van der Waals surface area contributed by atoms with Gasteiger partial charge in [-0.05, 0) is 33.3 Å². The van der Waals surface area contributed by atoms with Crippen molar-refractivity contribution in [2.24, 2.45) is 5.84 Å². The number of likely N-dealkylation sites (N-methyl/N-ethyl adjacent to an activating group) is 2. The summed E-state index contributed by atoms with van der Waals surface area (Å²) in [5.41, 5.74) is 4.54. The molecule has 1 aromatic rings. The number of hydrogen-bond donors (Lipinski definition) is 2. The second-order valence-corrected chi connectivity index (χ2v) is 4.22. The molecule has 0 spiro atoms. The van der Waals surface area contributed by atoms with Gasteiger partial charge in [0, 0.05) is 25.8 Å². The fourth-order valence-electron chi connectivity index (χ4n) is 1.38. The highest BCUT2D eigenvalue weighted by Gasteiger charge is 2.02. The summed E-state index contributed by atoms with van der Waals surface area (Å²) in [7, 11) is 6.24. The zero-order chi connectivity index (χ0) is 12.0. The molecular formula is C11H21N5. The maximum Gasteiger partial charge on any atom is 0.0564 e. The van der Waals surface area contributed by atoms with Gasteiger partial charge < -0.3 is 10.3 Å². The van der Waals surface area contributed by atoms with Crippen LogP contribution in [0.3, 0.4) is 0 Å². The molecule has 0 aliphatic carbocycles. The molecule has 0 saturated heterocycles. The van der Waals surface area contributed by atoms with Gasteiger partial charge in [0.2, 0.25) is 0 Å². The van der Waals surface area contributed by atoms with Crippen LogP contribution in [0.2, 0.25) is 0 Å². The summed E-state index contributed by atoms with van der Waals surface area (Å²) in [6, 6.07) is 3.81. The number of nitrogens with one attached hydrogen (secondary N) is 1. The number of hydrazine groups is 1. The molecular weight excluding hydrogens is 202 g/mol. The third-order valence-corrected chi connectivity index (χ3v) is 2.34. The number of nitrogens with two attached hydrogens (primary N) is 1. The minimum Gasteiger partial charge on any atom is -0.324 e. The van der Waals surface area contributed by atoms with Gasteiger partial charge in [-0.2, -0.15) is 0 Å². The molecule has 0 unspecified atom stereocenters. The van der Waals surface area contributed by atoms with Crippen molar-refractivity contribution in [2.45, 2.75) is 6.54 Å². The first-order chi connectivity index (χ1) is 7.61. The Morgan fingerprint density at radius 2 is 2.06 bits per heavy atom. The van der Waals surface area contributed by atoms with E-state index in [1.54, 1.807) is 6.20 Å². The van der Waals surface area contributed by atoms with Crippen molar-refractivity contribution in [1.29, 1.82) is 0 Å². The number of pyridine rings is 1. The summed E-state index contributed by atoms with van der Waals surface area (Å²) in [5, 5.41) is 0. The summed E-state index contributed by atoms with van der Waals surface area (Å²) in [6.07, 6.45) is 1.77. The summed E-state index contributed by atoms with van der Waals surface area (Å²) in [5.74, 6) is 5.35. The van der Waals surface area contributed by atoms with E-state index in [2.05, 4.69) is 41.4 Å². The molecule has 0 aliphatic heterocycles. The van der Waals surface area contributed by atoms with Crippen LogP contribution >= 0.6 is 0 Å². The second kappa shape index (κ2) is 6.42. The number of rotatable bonds is 6. The minimum absolute atomic E-state index is 0.837. The lowest BCUT2D eigenvalue weighted by Crippen LogP contribution is -2.28. The quantitative estimate of drug-likeness (QED) is 0.539. The van der Waals surface area contributed by atoms with Crippen LogP contribution in [-0.4, -0.2) is 49.0 Å². The lowest BCUT2D eigenvalue weighted by atomic mass is 10.3. The van der Waals surface area contributed by atoms with Crippen LogP contribution in [0.5, 0.6) is 0 Å². The molecule has 0 atom stereocenters. The number of hydrogen-bond acceptors (Lipinski definition) is 5. The first-order valence-electron chi connectivity index (χ1n) is 5.36. The van der Waals surface area contributed by atoms with E-state index in [1.165, 1.54) is 0 Å². The average molecular weight is 223 g/mol. The van der Waals surface area contributed by atoms with Crippen LogP contribution in [0.25, 0.3) is 0 Å². The molecule has 1 aromatic heterocycles. The van der Waals surface area contributed by atoms with Crippen molar-refractivity contribution in [3.8, 4) is 0 Å². The molecule has 5 nitrogen and oxygen atoms in total. The predicted molar refractivity (Wildman–Crippen MR) is 66.9 cm³/mol. The zero-order valence-corrected chi connectivity index (χ0v) is 10.3. The normalized spacial score (nSPS) is 11.1. The van der Waals surface area contributed by atoms with Crippen molar-refractivity contribution in [3.05, 3.63) is 24.0 Å². The zero-order valence-electron chi connectivity index (χ0n) is 10.3. The van der Waals surface area contributed by atoms with Crippen LogP contribution in [0.4, 0.5) is 5.69 Å². The Kier molecular flexibility index (Phi) is 5.18. The second-order valence-electron chi connectivity index (χ2n) is 4.22. The Morgan fingerprint density at radius 1 is 1.31 bits per heavy atom. The molecule has 0 radical (unpaired) electrons. The van der Waals surface area contributed by atoms with E-state index in [9.17, 15) is 0 Å². The van der Waals surface area contributed by atoms with Gasteiger partial charge in [-0.3, -0.25) is 15.7 Å². The molecule has 1 rings (SSSR count). The number of nitrogens with zero attached hydrogens (tertiary/aromatic N) is 3. The Hall–Kier alpha value is -1.17. The number of nitrogen functional groups attached to an aromatic ring is 1. The van der Waals surface area contributed by atoms with Gasteiger partial charge in [0.15, 0.2) is 0 Å². The maximum absolute atomic E-state index is 5.35. The monoisotopic (exact) mass is 223 g/mol. The first-order valence-corrected chi connectivity index (χ1v) is 5.36. The number of aromatic nitrogens is 1. The Balaban J connectivity index is 2.45. The maximum atomic E-state index is 5.35. The minimum atomic E-state index is 0.837. The highest BCUT2D eigenvalue weighted by Crippen LogP contribution is 2.07. The highest BCUT2D eigenvalue weighted by molar-refractivity contribution is 5.41. The van der Waals surface area contributed by atoms with E-state index < -0.39 is 0 Å². The smallest absolute Gasteiger partial charge is 0.0564 e.